The predicted octanol–water partition coefficient (Wildman–Crippen LogP) is 7.24. The van der Waals surface area contributed by atoms with E-state index in [1.807, 2.05) is 0 Å². The van der Waals surface area contributed by atoms with Crippen molar-refractivity contribution in [3.63, 3.8) is 0 Å². The molecule has 1 radical (unpaired) electrons. The monoisotopic (exact) mass is 309 g/mol. The van der Waals surface area contributed by atoms with E-state index in [4.69, 9.17) is 4.74 Å². The number of unbranched alkanes of at least 4 members (excludes halogenated alkanes) is 14. The highest BCUT2D eigenvalue weighted by molar-refractivity contribution is 4.73. The molecule has 1 heterocycles. The molecule has 0 saturated carbocycles. The number of rotatable bonds is 16. The summed E-state index contributed by atoms with van der Waals surface area (Å²) in [5.74, 6) is 0. The van der Waals surface area contributed by atoms with Crippen molar-refractivity contribution >= 4 is 0 Å². The first-order valence-electron chi connectivity index (χ1n) is 10.3. The SMILES string of the molecule is CCC[CH]CCCCCCCCCCCCCC1CC(C)O1. The fraction of sp³-hybridized carbons (Fsp3) is 0.952. The number of hydrogen-bond donors (Lipinski definition) is 0. The van der Waals surface area contributed by atoms with E-state index in [1.54, 1.807) is 0 Å². The van der Waals surface area contributed by atoms with E-state index in [-0.39, 0.29) is 0 Å². The minimum absolute atomic E-state index is 0.541. The molecule has 0 N–H and O–H groups in total. The van der Waals surface area contributed by atoms with Crippen molar-refractivity contribution in [3.05, 3.63) is 6.42 Å². The van der Waals surface area contributed by atoms with Crippen LogP contribution in [-0.4, -0.2) is 12.2 Å². The molecule has 0 aliphatic carbocycles. The molecule has 0 aromatic carbocycles. The van der Waals surface area contributed by atoms with Crippen LogP contribution in [0.3, 0.4) is 0 Å². The summed E-state index contributed by atoms with van der Waals surface area (Å²) < 4.78 is 5.66. The van der Waals surface area contributed by atoms with Gasteiger partial charge in [0.05, 0.1) is 12.2 Å². The van der Waals surface area contributed by atoms with Crippen LogP contribution in [0.4, 0.5) is 0 Å². The van der Waals surface area contributed by atoms with Gasteiger partial charge in [-0.25, -0.2) is 0 Å². The molecule has 1 fully saturated rings. The highest BCUT2D eigenvalue weighted by atomic mass is 16.5. The van der Waals surface area contributed by atoms with Gasteiger partial charge in [-0.15, -0.1) is 0 Å². The first-order chi connectivity index (χ1) is 10.8. The first-order valence-corrected chi connectivity index (χ1v) is 10.3. The maximum atomic E-state index is 5.66. The lowest BCUT2D eigenvalue weighted by atomic mass is 9.99. The highest BCUT2D eigenvalue weighted by Gasteiger charge is 2.24. The molecule has 1 aliphatic heterocycles. The lowest BCUT2D eigenvalue weighted by Crippen LogP contribution is -2.34. The maximum Gasteiger partial charge on any atom is 0.0603 e. The third-order valence-electron chi connectivity index (χ3n) is 4.95. The Kier molecular flexibility index (Phi) is 13.2. The van der Waals surface area contributed by atoms with Gasteiger partial charge >= 0.3 is 0 Å². The zero-order chi connectivity index (χ0) is 15.9. The van der Waals surface area contributed by atoms with Gasteiger partial charge in [-0.05, 0) is 26.2 Å². The quantitative estimate of drug-likeness (QED) is 0.273. The van der Waals surface area contributed by atoms with Gasteiger partial charge in [0.15, 0.2) is 0 Å². The van der Waals surface area contributed by atoms with Gasteiger partial charge < -0.3 is 4.74 Å². The van der Waals surface area contributed by atoms with Gasteiger partial charge in [0.2, 0.25) is 0 Å². The lowest BCUT2D eigenvalue weighted by molar-refractivity contribution is -0.117. The Labute approximate surface area is 140 Å². The summed E-state index contributed by atoms with van der Waals surface area (Å²) >= 11 is 0. The largest absolute Gasteiger partial charge is 0.375 e. The molecule has 0 amide bonds. The van der Waals surface area contributed by atoms with Gasteiger partial charge in [-0.2, -0.15) is 0 Å². The van der Waals surface area contributed by atoms with E-state index < -0.39 is 0 Å². The van der Waals surface area contributed by atoms with Gasteiger partial charge in [0.1, 0.15) is 0 Å². The maximum absolute atomic E-state index is 5.66. The molecular formula is C21H41O. The molecule has 0 aromatic heterocycles. The molecule has 131 valence electrons. The second kappa shape index (κ2) is 14.5. The molecule has 1 heteroatoms. The summed E-state index contributed by atoms with van der Waals surface area (Å²) in [6.07, 6.45) is 26.1. The van der Waals surface area contributed by atoms with E-state index in [1.165, 1.54) is 103 Å². The van der Waals surface area contributed by atoms with Crippen LogP contribution in [0.5, 0.6) is 0 Å². The van der Waals surface area contributed by atoms with Crippen LogP contribution in [0.1, 0.15) is 117 Å². The predicted molar refractivity (Wildman–Crippen MR) is 98.2 cm³/mol. The summed E-state index contributed by atoms with van der Waals surface area (Å²) in [4.78, 5) is 0. The standard InChI is InChI=1S/C21H41O/c1-3-4-5-6-7-8-9-10-11-12-13-14-15-16-17-18-21-19-20(2)22-21/h5,20-21H,3-4,6-19H2,1-2H3. The van der Waals surface area contributed by atoms with Crippen LogP contribution < -0.4 is 0 Å². The second-order valence-corrected chi connectivity index (χ2v) is 7.35. The third-order valence-corrected chi connectivity index (χ3v) is 4.95. The first kappa shape index (κ1) is 20.0. The minimum atomic E-state index is 0.541. The van der Waals surface area contributed by atoms with Crippen LogP contribution in [0.15, 0.2) is 0 Å². The van der Waals surface area contributed by atoms with Crippen molar-refractivity contribution in [3.8, 4) is 0 Å². The van der Waals surface area contributed by atoms with Gasteiger partial charge in [-0.3, -0.25) is 0 Å². The normalized spacial score (nSPS) is 21.0. The molecular weight excluding hydrogens is 268 g/mol. The average molecular weight is 310 g/mol. The lowest BCUT2D eigenvalue weighted by Gasteiger charge is -2.33. The highest BCUT2D eigenvalue weighted by Crippen LogP contribution is 2.24. The number of ether oxygens (including phenoxy) is 1. The zero-order valence-corrected chi connectivity index (χ0v) is 15.5. The van der Waals surface area contributed by atoms with E-state index in [0.29, 0.717) is 12.2 Å². The summed E-state index contributed by atoms with van der Waals surface area (Å²) in [5, 5.41) is 0. The van der Waals surface area contributed by atoms with Crippen molar-refractivity contribution in [2.24, 2.45) is 0 Å². The summed E-state index contributed by atoms with van der Waals surface area (Å²) in [6, 6.07) is 0. The Morgan fingerprint density at radius 1 is 0.773 bits per heavy atom. The molecule has 1 rings (SSSR count). The average Bonchev–Trinajstić information content (AvgIpc) is 2.49. The Morgan fingerprint density at radius 3 is 1.77 bits per heavy atom. The van der Waals surface area contributed by atoms with Gasteiger partial charge in [-0.1, -0.05) is 96.8 Å². The number of hydrogen-bond acceptors (Lipinski definition) is 1. The summed E-state index contributed by atoms with van der Waals surface area (Å²) in [6.45, 7) is 4.45. The van der Waals surface area contributed by atoms with Gasteiger partial charge in [0.25, 0.3) is 0 Å². The summed E-state index contributed by atoms with van der Waals surface area (Å²) in [5.41, 5.74) is 0. The van der Waals surface area contributed by atoms with E-state index in [0.717, 1.165) is 0 Å². The molecule has 1 saturated heterocycles. The Hall–Kier alpha value is -0.0400. The van der Waals surface area contributed by atoms with Crippen LogP contribution in [-0.2, 0) is 4.74 Å². The molecule has 1 aliphatic rings. The van der Waals surface area contributed by atoms with Crippen molar-refractivity contribution in [2.75, 3.05) is 0 Å². The molecule has 0 aromatic rings. The molecule has 22 heavy (non-hydrogen) atoms. The van der Waals surface area contributed by atoms with E-state index in [2.05, 4.69) is 20.3 Å². The second-order valence-electron chi connectivity index (χ2n) is 7.35. The van der Waals surface area contributed by atoms with E-state index in [9.17, 15) is 0 Å². The van der Waals surface area contributed by atoms with Crippen molar-refractivity contribution in [1.29, 1.82) is 0 Å². The fourth-order valence-corrected chi connectivity index (χ4v) is 3.47. The molecule has 0 bridgehead atoms. The van der Waals surface area contributed by atoms with Crippen molar-refractivity contribution in [1.82, 2.24) is 0 Å². The summed E-state index contributed by atoms with van der Waals surface area (Å²) in [7, 11) is 0. The van der Waals surface area contributed by atoms with E-state index >= 15 is 0 Å². The minimum Gasteiger partial charge on any atom is -0.375 e. The zero-order valence-electron chi connectivity index (χ0n) is 15.5. The Bertz CT molecular complexity index is 220. The Morgan fingerprint density at radius 2 is 1.27 bits per heavy atom. The topological polar surface area (TPSA) is 9.23 Å². The Balaban J connectivity index is 1.63. The third kappa shape index (κ3) is 11.5. The smallest absolute Gasteiger partial charge is 0.0603 e. The fourth-order valence-electron chi connectivity index (χ4n) is 3.47. The molecule has 2 unspecified atom stereocenters. The van der Waals surface area contributed by atoms with Crippen LogP contribution in [0, 0.1) is 6.42 Å². The van der Waals surface area contributed by atoms with Crippen LogP contribution in [0.2, 0.25) is 0 Å². The van der Waals surface area contributed by atoms with Crippen LogP contribution >= 0.6 is 0 Å². The van der Waals surface area contributed by atoms with Crippen LogP contribution in [0.25, 0.3) is 0 Å². The van der Waals surface area contributed by atoms with Crippen molar-refractivity contribution in [2.45, 2.75) is 129 Å². The molecule has 1 nitrogen and oxygen atoms in total. The molecule has 0 spiro atoms. The molecule has 2 atom stereocenters. The van der Waals surface area contributed by atoms with Gasteiger partial charge in [0, 0.05) is 0 Å². The van der Waals surface area contributed by atoms with Crippen molar-refractivity contribution < 1.29 is 4.74 Å².